The van der Waals surface area contributed by atoms with Gasteiger partial charge in [-0.3, -0.25) is 4.79 Å². The van der Waals surface area contributed by atoms with Crippen LogP contribution in [0, 0.1) is 5.41 Å². The summed E-state index contributed by atoms with van der Waals surface area (Å²) in [4.78, 5) is 16.4. The zero-order valence-electron chi connectivity index (χ0n) is 16.1. The number of carbonyl (C=O) groups excluding carboxylic acids is 1. The van der Waals surface area contributed by atoms with Crippen molar-refractivity contribution >= 4 is 16.7 Å². The molecule has 1 aliphatic carbocycles. The Hall–Kier alpha value is -2.39. The van der Waals surface area contributed by atoms with Gasteiger partial charge in [0.15, 0.2) is 0 Å². The minimum Gasteiger partial charge on any atom is -0.353 e. The number of aromatic amines is 1. The fraction of sp³-hybridized carbons (Fsp3) is 0.375. The van der Waals surface area contributed by atoms with Crippen LogP contribution in [0.3, 0.4) is 0 Å². The molecule has 0 unspecified atom stereocenters. The summed E-state index contributed by atoms with van der Waals surface area (Å²) in [6.07, 6.45) is 2.37. The van der Waals surface area contributed by atoms with E-state index < -0.39 is 0 Å². The standard InChI is InChI=1S/C24H26N2O/c1-23(2)12-17(27)13-24(15-23)22-21(18-10-6-7-11-20(18)26-22)19(14-25-24)16-8-4-3-5-9-16/h3-11,19,25-26H,12-15H2,1-2H3/p+1/t19-,24-/m0/s1. The third kappa shape index (κ3) is 2.64. The lowest BCUT2D eigenvalue weighted by atomic mass is 9.63. The molecule has 2 atom stereocenters. The molecule has 0 bridgehead atoms. The third-order valence-electron chi connectivity index (χ3n) is 6.52. The van der Waals surface area contributed by atoms with Crippen molar-refractivity contribution < 1.29 is 10.1 Å². The molecule has 1 aromatic heterocycles. The van der Waals surface area contributed by atoms with E-state index in [-0.39, 0.29) is 11.0 Å². The second kappa shape index (κ2) is 5.80. The quantitative estimate of drug-likeness (QED) is 0.681. The summed E-state index contributed by atoms with van der Waals surface area (Å²) < 4.78 is 0. The molecule has 138 valence electrons. The second-order valence-corrected chi connectivity index (χ2v) is 9.25. The Bertz CT molecular complexity index is 1020. The Labute approximate surface area is 160 Å². The normalized spacial score (nSPS) is 27.0. The molecule has 2 aliphatic rings. The number of hydrogen-bond acceptors (Lipinski definition) is 1. The minimum atomic E-state index is -0.154. The summed E-state index contributed by atoms with van der Waals surface area (Å²) in [5.41, 5.74) is 5.12. The van der Waals surface area contributed by atoms with Crippen LogP contribution in [-0.4, -0.2) is 17.3 Å². The average molecular weight is 359 g/mol. The minimum absolute atomic E-state index is 0.0416. The van der Waals surface area contributed by atoms with E-state index in [1.807, 2.05) is 0 Å². The van der Waals surface area contributed by atoms with Gasteiger partial charge in [0.1, 0.15) is 11.3 Å². The van der Waals surface area contributed by atoms with E-state index in [1.54, 1.807) is 0 Å². The van der Waals surface area contributed by atoms with Crippen molar-refractivity contribution in [2.24, 2.45) is 5.41 Å². The summed E-state index contributed by atoms with van der Waals surface area (Å²) in [5, 5.41) is 3.77. The van der Waals surface area contributed by atoms with Gasteiger partial charge in [-0.15, -0.1) is 0 Å². The van der Waals surface area contributed by atoms with Crippen molar-refractivity contribution in [2.75, 3.05) is 6.54 Å². The second-order valence-electron chi connectivity index (χ2n) is 9.25. The molecule has 3 heteroatoms. The first-order valence-corrected chi connectivity index (χ1v) is 10.00. The molecule has 1 aliphatic heterocycles. The van der Waals surface area contributed by atoms with E-state index in [1.165, 1.54) is 27.7 Å². The van der Waals surface area contributed by atoms with Crippen LogP contribution < -0.4 is 5.32 Å². The van der Waals surface area contributed by atoms with E-state index in [0.717, 1.165) is 13.0 Å². The van der Waals surface area contributed by atoms with Crippen molar-refractivity contribution in [1.82, 2.24) is 4.98 Å². The smallest absolute Gasteiger partial charge is 0.144 e. The molecular weight excluding hydrogens is 332 g/mol. The van der Waals surface area contributed by atoms with Gasteiger partial charge < -0.3 is 10.3 Å². The number of benzene rings is 2. The van der Waals surface area contributed by atoms with Crippen LogP contribution in [0.15, 0.2) is 54.6 Å². The Morgan fingerprint density at radius 2 is 1.74 bits per heavy atom. The predicted octanol–water partition coefficient (Wildman–Crippen LogP) is 3.85. The van der Waals surface area contributed by atoms with E-state index in [4.69, 9.17) is 0 Å². The number of para-hydroxylation sites is 1. The van der Waals surface area contributed by atoms with Gasteiger partial charge in [0.2, 0.25) is 0 Å². The molecule has 1 saturated carbocycles. The topological polar surface area (TPSA) is 49.5 Å². The van der Waals surface area contributed by atoms with Crippen LogP contribution in [0.4, 0.5) is 0 Å². The first-order valence-electron chi connectivity index (χ1n) is 10.00. The van der Waals surface area contributed by atoms with Gasteiger partial charge in [-0.2, -0.15) is 0 Å². The van der Waals surface area contributed by atoms with Crippen molar-refractivity contribution in [3.05, 3.63) is 71.4 Å². The number of nitrogens with two attached hydrogens (primary N) is 1. The lowest BCUT2D eigenvalue weighted by Crippen LogP contribution is -2.98. The highest BCUT2D eigenvalue weighted by molar-refractivity contribution is 5.88. The first-order chi connectivity index (χ1) is 13.0. The largest absolute Gasteiger partial charge is 0.353 e. The van der Waals surface area contributed by atoms with Gasteiger partial charge in [-0.1, -0.05) is 62.4 Å². The fourth-order valence-electron chi connectivity index (χ4n) is 5.72. The van der Waals surface area contributed by atoms with Crippen LogP contribution in [0.1, 0.15) is 55.8 Å². The summed E-state index contributed by atoms with van der Waals surface area (Å²) in [6.45, 7) is 5.47. The number of ketones is 1. The lowest BCUT2D eigenvalue weighted by Gasteiger charge is -2.45. The van der Waals surface area contributed by atoms with E-state index in [9.17, 15) is 4.79 Å². The number of Topliss-reactive ketones (excluding diaryl/α,β-unsaturated/α-hetero) is 1. The third-order valence-corrected chi connectivity index (χ3v) is 6.52. The number of fused-ring (bicyclic) bond motifs is 4. The molecule has 1 fully saturated rings. The number of carbonyl (C=O) groups is 1. The Morgan fingerprint density at radius 3 is 2.52 bits per heavy atom. The van der Waals surface area contributed by atoms with Crippen molar-refractivity contribution in [1.29, 1.82) is 0 Å². The van der Waals surface area contributed by atoms with Crippen LogP contribution in [0.5, 0.6) is 0 Å². The van der Waals surface area contributed by atoms with Gasteiger partial charge >= 0.3 is 0 Å². The highest BCUT2D eigenvalue weighted by Crippen LogP contribution is 2.48. The predicted molar refractivity (Wildman–Crippen MR) is 108 cm³/mol. The number of hydrogen-bond donors (Lipinski definition) is 2. The van der Waals surface area contributed by atoms with Crippen LogP contribution in [-0.2, 0) is 10.3 Å². The molecule has 3 aromatic rings. The highest BCUT2D eigenvalue weighted by Gasteiger charge is 2.53. The van der Waals surface area contributed by atoms with Gasteiger partial charge in [-0.05, 0) is 17.0 Å². The summed E-state index contributed by atoms with van der Waals surface area (Å²) in [5.74, 6) is 0.744. The molecule has 0 radical (unpaired) electrons. The molecule has 3 N–H and O–H groups in total. The summed E-state index contributed by atoms with van der Waals surface area (Å²) >= 11 is 0. The van der Waals surface area contributed by atoms with E-state index >= 15 is 0 Å². The molecule has 27 heavy (non-hydrogen) atoms. The zero-order chi connectivity index (χ0) is 18.6. The van der Waals surface area contributed by atoms with Crippen molar-refractivity contribution in [3.8, 4) is 0 Å². The fourth-order valence-corrected chi connectivity index (χ4v) is 5.72. The van der Waals surface area contributed by atoms with Gasteiger partial charge in [-0.25, -0.2) is 0 Å². The Morgan fingerprint density at radius 1 is 1.00 bits per heavy atom. The SMILES string of the molecule is CC1(C)CC(=O)C[C@@]2(C1)[NH2+]C[C@@H](c1ccccc1)c1c2[nH]c2ccccc12. The van der Waals surface area contributed by atoms with E-state index in [2.05, 4.69) is 78.7 Å². The summed E-state index contributed by atoms with van der Waals surface area (Å²) in [6, 6.07) is 19.4. The van der Waals surface area contributed by atoms with Gasteiger partial charge in [0, 0.05) is 29.3 Å². The Kier molecular flexibility index (Phi) is 3.60. The number of nitrogens with one attached hydrogen (secondary N) is 1. The van der Waals surface area contributed by atoms with Crippen molar-refractivity contribution in [2.45, 2.75) is 44.6 Å². The van der Waals surface area contributed by atoms with Crippen LogP contribution in [0.2, 0.25) is 0 Å². The molecule has 2 aromatic carbocycles. The number of quaternary nitrogens is 1. The van der Waals surface area contributed by atoms with Crippen LogP contribution >= 0.6 is 0 Å². The highest BCUT2D eigenvalue weighted by atomic mass is 16.1. The molecule has 0 amide bonds. The molecule has 5 rings (SSSR count). The average Bonchev–Trinajstić information content (AvgIpc) is 3.02. The number of rotatable bonds is 1. The molecule has 3 nitrogen and oxygen atoms in total. The molecule has 2 heterocycles. The van der Waals surface area contributed by atoms with Gasteiger partial charge in [0.05, 0.1) is 24.6 Å². The maximum atomic E-state index is 12.7. The molecular formula is C24H27N2O+. The maximum Gasteiger partial charge on any atom is 0.144 e. The lowest BCUT2D eigenvalue weighted by molar-refractivity contribution is -0.744. The van der Waals surface area contributed by atoms with E-state index in [0.29, 0.717) is 24.5 Å². The number of H-pyrrole nitrogens is 1. The molecule has 0 saturated heterocycles. The maximum absolute atomic E-state index is 12.7. The van der Waals surface area contributed by atoms with Gasteiger partial charge in [0.25, 0.3) is 0 Å². The molecule has 1 spiro atoms. The number of aromatic nitrogens is 1. The van der Waals surface area contributed by atoms with Crippen molar-refractivity contribution in [3.63, 3.8) is 0 Å². The zero-order valence-corrected chi connectivity index (χ0v) is 16.1. The monoisotopic (exact) mass is 359 g/mol. The first kappa shape index (κ1) is 16.8. The summed E-state index contributed by atoms with van der Waals surface area (Å²) in [7, 11) is 0. The van der Waals surface area contributed by atoms with Crippen LogP contribution in [0.25, 0.3) is 10.9 Å². The Balaban J connectivity index is 1.74.